The van der Waals surface area contributed by atoms with Crippen molar-refractivity contribution in [2.75, 3.05) is 40.5 Å². The zero-order chi connectivity index (χ0) is 12.3. The highest BCUT2D eigenvalue weighted by molar-refractivity contribution is 5.34. The zero-order valence-corrected chi connectivity index (χ0v) is 10.5. The largest absolute Gasteiger partial charge is 0.497 e. The third-order valence-corrected chi connectivity index (χ3v) is 3.59. The van der Waals surface area contributed by atoms with Crippen LogP contribution < -0.4 is 10.5 Å². The van der Waals surface area contributed by atoms with E-state index in [4.69, 9.17) is 15.2 Å². The van der Waals surface area contributed by atoms with Crippen molar-refractivity contribution < 1.29 is 9.47 Å². The summed E-state index contributed by atoms with van der Waals surface area (Å²) in [4.78, 5) is 2.27. The molecular formula is C13H20N2O2. The van der Waals surface area contributed by atoms with E-state index in [9.17, 15) is 0 Å². The number of nitrogens with zero attached hydrogens (tertiary/aromatic N) is 1. The lowest BCUT2D eigenvalue weighted by atomic mass is 9.88. The van der Waals surface area contributed by atoms with Crippen molar-refractivity contribution in [1.82, 2.24) is 4.90 Å². The van der Waals surface area contributed by atoms with E-state index < -0.39 is 0 Å². The first-order valence-corrected chi connectivity index (χ1v) is 5.86. The molecule has 2 N–H and O–H groups in total. The summed E-state index contributed by atoms with van der Waals surface area (Å²) in [6.45, 7) is 2.83. The molecule has 17 heavy (non-hydrogen) atoms. The minimum Gasteiger partial charge on any atom is -0.497 e. The monoisotopic (exact) mass is 236 g/mol. The van der Waals surface area contributed by atoms with Crippen LogP contribution in [0.4, 0.5) is 0 Å². The smallest absolute Gasteiger partial charge is 0.119 e. The summed E-state index contributed by atoms with van der Waals surface area (Å²) in [7, 11) is 3.77. The summed E-state index contributed by atoms with van der Waals surface area (Å²) in [5.74, 6) is 0.856. The van der Waals surface area contributed by atoms with Crippen molar-refractivity contribution in [3.8, 4) is 5.75 Å². The Labute approximate surface area is 102 Å². The minimum absolute atomic E-state index is 0.229. The fourth-order valence-corrected chi connectivity index (χ4v) is 2.32. The molecule has 0 bridgehead atoms. The van der Waals surface area contributed by atoms with Crippen LogP contribution in [0.2, 0.25) is 0 Å². The fraction of sp³-hybridized carbons (Fsp3) is 0.538. The molecule has 0 saturated carbocycles. The van der Waals surface area contributed by atoms with Crippen LogP contribution in [0, 0.1) is 0 Å². The number of likely N-dealkylation sites (N-methyl/N-ethyl adjacent to an activating group) is 1. The van der Waals surface area contributed by atoms with Gasteiger partial charge in [-0.3, -0.25) is 4.90 Å². The van der Waals surface area contributed by atoms with Gasteiger partial charge in [-0.1, -0.05) is 12.1 Å². The third-order valence-electron chi connectivity index (χ3n) is 3.59. The number of hydrogen-bond acceptors (Lipinski definition) is 4. The van der Waals surface area contributed by atoms with E-state index in [0.717, 1.165) is 24.5 Å². The number of methoxy groups -OCH3 is 1. The normalized spacial score (nSPS) is 25.8. The molecule has 1 heterocycles. The molecule has 1 unspecified atom stereocenters. The van der Waals surface area contributed by atoms with Gasteiger partial charge in [0.2, 0.25) is 0 Å². The molecule has 94 valence electrons. The van der Waals surface area contributed by atoms with Gasteiger partial charge in [-0.05, 0) is 24.7 Å². The maximum atomic E-state index is 5.99. The lowest BCUT2D eigenvalue weighted by molar-refractivity contribution is -0.0549. The molecule has 0 aliphatic carbocycles. The first-order valence-electron chi connectivity index (χ1n) is 5.86. The highest BCUT2D eigenvalue weighted by Gasteiger charge is 2.38. The Hall–Kier alpha value is -1.10. The summed E-state index contributed by atoms with van der Waals surface area (Å²) < 4.78 is 10.9. The third kappa shape index (κ3) is 2.16. The van der Waals surface area contributed by atoms with Crippen LogP contribution in [-0.4, -0.2) is 45.4 Å². The van der Waals surface area contributed by atoms with E-state index in [-0.39, 0.29) is 5.54 Å². The highest BCUT2D eigenvalue weighted by atomic mass is 16.5. The van der Waals surface area contributed by atoms with Crippen molar-refractivity contribution in [2.45, 2.75) is 5.54 Å². The molecule has 1 atom stereocenters. The van der Waals surface area contributed by atoms with Gasteiger partial charge in [0.25, 0.3) is 0 Å². The van der Waals surface area contributed by atoms with Crippen LogP contribution in [0.15, 0.2) is 24.3 Å². The van der Waals surface area contributed by atoms with Crippen molar-refractivity contribution in [1.29, 1.82) is 0 Å². The molecule has 1 saturated heterocycles. The zero-order valence-electron chi connectivity index (χ0n) is 10.5. The van der Waals surface area contributed by atoms with E-state index in [1.165, 1.54) is 0 Å². The number of rotatable bonds is 3. The van der Waals surface area contributed by atoms with E-state index in [1.54, 1.807) is 7.11 Å². The van der Waals surface area contributed by atoms with Gasteiger partial charge in [0.15, 0.2) is 0 Å². The Morgan fingerprint density at radius 3 is 3.00 bits per heavy atom. The number of morpholine rings is 1. The van der Waals surface area contributed by atoms with E-state index in [2.05, 4.69) is 18.0 Å². The predicted molar refractivity (Wildman–Crippen MR) is 67.2 cm³/mol. The number of benzene rings is 1. The van der Waals surface area contributed by atoms with Crippen LogP contribution in [0.5, 0.6) is 5.75 Å². The maximum absolute atomic E-state index is 5.99. The molecule has 0 radical (unpaired) electrons. The number of nitrogens with two attached hydrogens (primary N) is 1. The van der Waals surface area contributed by atoms with E-state index in [0.29, 0.717) is 13.2 Å². The summed E-state index contributed by atoms with van der Waals surface area (Å²) in [5.41, 5.74) is 6.91. The Kier molecular flexibility index (Phi) is 3.66. The van der Waals surface area contributed by atoms with Crippen LogP contribution >= 0.6 is 0 Å². The van der Waals surface area contributed by atoms with Crippen molar-refractivity contribution >= 4 is 0 Å². The summed E-state index contributed by atoms with van der Waals surface area (Å²) in [6.07, 6.45) is 0. The Balaban J connectivity index is 2.38. The summed E-state index contributed by atoms with van der Waals surface area (Å²) >= 11 is 0. The molecule has 0 aromatic heterocycles. The molecule has 1 aromatic carbocycles. The average Bonchev–Trinajstić information content (AvgIpc) is 2.40. The molecule has 1 aromatic rings. The van der Waals surface area contributed by atoms with Gasteiger partial charge >= 0.3 is 0 Å². The quantitative estimate of drug-likeness (QED) is 0.843. The van der Waals surface area contributed by atoms with E-state index in [1.807, 2.05) is 18.2 Å². The minimum atomic E-state index is -0.229. The van der Waals surface area contributed by atoms with Gasteiger partial charge in [0, 0.05) is 13.1 Å². The second-order valence-electron chi connectivity index (χ2n) is 4.44. The molecule has 1 fully saturated rings. The molecule has 1 aliphatic rings. The Bertz CT molecular complexity index is 383. The van der Waals surface area contributed by atoms with Gasteiger partial charge < -0.3 is 15.2 Å². The summed E-state index contributed by atoms with van der Waals surface area (Å²) in [6, 6.07) is 8.06. The van der Waals surface area contributed by atoms with Gasteiger partial charge in [0.1, 0.15) is 5.75 Å². The van der Waals surface area contributed by atoms with Gasteiger partial charge in [-0.2, -0.15) is 0 Å². The molecule has 4 nitrogen and oxygen atoms in total. The number of hydrogen-bond donors (Lipinski definition) is 1. The topological polar surface area (TPSA) is 47.7 Å². The van der Waals surface area contributed by atoms with Gasteiger partial charge in [-0.25, -0.2) is 0 Å². The summed E-state index contributed by atoms with van der Waals surface area (Å²) in [5, 5.41) is 0. The van der Waals surface area contributed by atoms with Gasteiger partial charge in [0.05, 0.1) is 25.9 Å². The van der Waals surface area contributed by atoms with Crippen molar-refractivity contribution in [3.05, 3.63) is 29.8 Å². The Morgan fingerprint density at radius 1 is 1.53 bits per heavy atom. The average molecular weight is 236 g/mol. The first-order chi connectivity index (χ1) is 8.23. The molecule has 1 aliphatic heterocycles. The number of ether oxygens (including phenoxy) is 2. The van der Waals surface area contributed by atoms with Crippen LogP contribution in [0.3, 0.4) is 0 Å². The second kappa shape index (κ2) is 5.04. The molecule has 0 amide bonds. The molecule has 2 rings (SSSR count). The molecule has 4 heteroatoms. The van der Waals surface area contributed by atoms with Gasteiger partial charge in [-0.15, -0.1) is 0 Å². The predicted octanol–water partition coefficient (Wildman–Crippen LogP) is 0.811. The SMILES string of the molecule is COc1cccc(C2(CN)COCCN2C)c1. The molecular weight excluding hydrogens is 216 g/mol. The molecule has 0 spiro atoms. The van der Waals surface area contributed by atoms with Crippen molar-refractivity contribution in [3.63, 3.8) is 0 Å². The first kappa shape index (κ1) is 12.4. The van der Waals surface area contributed by atoms with E-state index >= 15 is 0 Å². The lowest BCUT2D eigenvalue weighted by Gasteiger charge is -2.44. The van der Waals surface area contributed by atoms with Crippen LogP contribution in [-0.2, 0) is 10.3 Å². The lowest BCUT2D eigenvalue weighted by Crippen LogP contribution is -2.56. The standard InChI is InChI=1S/C13H20N2O2/c1-15-6-7-17-10-13(15,9-14)11-4-3-5-12(8-11)16-2/h3-5,8H,6-7,9-10,14H2,1-2H3. The maximum Gasteiger partial charge on any atom is 0.119 e. The highest BCUT2D eigenvalue weighted by Crippen LogP contribution is 2.31. The fourth-order valence-electron chi connectivity index (χ4n) is 2.32. The van der Waals surface area contributed by atoms with Crippen LogP contribution in [0.25, 0.3) is 0 Å². The van der Waals surface area contributed by atoms with Crippen LogP contribution in [0.1, 0.15) is 5.56 Å². The second-order valence-corrected chi connectivity index (χ2v) is 4.44. The van der Waals surface area contributed by atoms with Crippen molar-refractivity contribution in [2.24, 2.45) is 5.73 Å². The Morgan fingerprint density at radius 2 is 2.35 bits per heavy atom.